The second-order valence-corrected chi connectivity index (χ2v) is 6.62. The number of hydrogen-bond donors (Lipinski definition) is 1. The summed E-state index contributed by atoms with van der Waals surface area (Å²) in [5.74, 6) is 0.959. The number of unbranched alkanes of at least 4 members (excludes halogenated alkanes) is 5. The number of phenolic OH excluding ortho intramolecular Hbond substituents is 1. The summed E-state index contributed by atoms with van der Waals surface area (Å²) < 4.78 is 5.75. The van der Waals surface area contributed by atoms with Crippen LogP contribution in [0.1, 0.15) is 56.6 Å². The third-order valence-corrected chi connectivity index (χ3v) is 4.31. The highest BCUT2D eigenvalue weighted by Crippen LogP contribution is 2.15. The van der Waals surface area contributed by atoms with Gasteiger partial charge in [0.15, 0.2) is 5.71 Å². The number of ether oxygens (including phenoxy) is 1. The topological polar surface area (TPSA) is 68.1 Å². The van der Waals surface area contributed by atoms with Gasteiger partial charge in [0.2, 0.25) is 0 Å². The number of hydrogen-bond acceptors (Lipinski definition) is 5. The molecular weight excluding hydrogens is 354 g/mol. The Kier molecular flexibility index (Phi) is 9.62. The van der Waals surface area contributed by atoms with Crippen LogP contribution in [0.25, 0.3) is 0 Å². The third-order valence-electron chi connectivity index (χ3n) is 4.31. The number of carbonyl (C=O) groups excluding carboxylic acids is 1. The summed E-state index contributed by atoms with van der Waals surface area (Å²) in [4.78, 5) is 16.3. The number of benzene rings is 2. The van der Waals surface area contributed by atoms with Crippen LogP contribution in [0, 0.1) is 0 Å². The van der Waals surface area contributed by atoms with Gasteiger partial charge in [0.1, 0.15) is 18.1 Å². The summed E-state index contributed by atoms with van der Waals surface area (Å²) in [6.45, 7) is 3.19. The maximum Gasteiger partial charge on any atom is 0.257 e. The van der Waals surface area contributed by atoms with Crippen molar-refractivity contribution in [3.63, 3.8) is 0 Å². The second-order valence-electron chi connectivity index (χ2n) is 6.62. The van der Waals surface area contributed by atoms with Crippen molar-refractivity contribution in [3.05, 3.63) is 59.7 Å². The van der Waals surface area contributed by atoms with Gasteiger partial charge < -0.3 is 14.7 Å². The molecule has 0 bridgehead atoms. The van der Waals surface area contributed by atoms with E-state index in [0.717, 1.165) is 24.3 Å². The fourth-order valence-corrected chi connectivity index (χ4v) is 2.68. The highest BCUT2D eigenvalue weighted by atomic mass is 16.6. The average Bonchev–Trinajstić information content (AvgIpc) is 2.72. The van der Waals surface area contributed by atoms with Crippen molar-refractivity contribution >= 4 is 12.0 Å². The highest BCUT2D eigenvalue weighted by molar-refractivity contribution is 6.36. The summed E-state index contributed by atoms with van der Waals surface area (Å²) in [5.41, 5.74) is 1.51. The smallest absolute Gasteiger partial charge is 0.257 e. The van der Waals surface area contributed by atoms with Crippen molar-refractivity contribution in [2.24, 2.45) is 5.16 Å². The fourth-order valence-electron chi connectivity index (χ4n) is 2.68. The molecule has 0 saturated heterocycles. The monoisotopic (exact) mass is 382 g/mol. The molecule has 0 aliphatic rings. The van der Waals surface area contributed by atoms with Crippen LogP contribution in [0.2, 0.25) is 0 Å². The standard InChI is InChI=1S/C23H28NO4/c1-2-3-4-5-6-7-16-27-22-14-8-19(9-15-22)18-28-24-23(17-25)20-10-12-21(26)13-11-20/h8-15,26H,2-7,16,18H2,1H3/b24-23+. The van der Waals surface area contributed by atoms with E-state index in [1.54, 1.807) is 18.4 Å². The van der Waals surface area contributed by atoms with E-state index in [2.05, 4.69) is 12.1 Å². The number of rotatable bonds is 13. The molecule has 1 N–H and O–H groups in total. The van der Waals surface area contributed by atoms with Crippen LogP contribution in [0.3, 0.4) is 0 Å². The van der Waals surface area contributed by atoms with Crippen LogP contribution >= 0.6 is 0 Å². The Morgan fingerprint density at radius 3 is 2.32 bits per heavy atom. The van der Waals surface area contributed by atoms with Gasteiger partial charge in [0.05, 0.1) is 6.61 Å². The van der Waals surface area contributed by atoms with Crippen molar-refractivity contribution in [2.45, 2.75) is 52.1 Å². The first-order valence-corrected chi connectivity index (χ1v) is 9.82. The minimum Gasteiger partial charge on any atom is -0.508 e. The molecule has 149 valence electrons. The van der Waals surface area contributed by atoms with Gasteiger partial charge in [-0.05, 0) is 48.4 Å². The van der Waals surface area contributed by atoms with E-state index in [1.165, 1.54) is 44.2 Å². The van der Waals surface area contributed by atoms with Crippen LogP contribution in [0.4, 0.5) is 0 Å². The van der Waals surface area contributed by atoms with E-state index in [1.807, 2.05) is 24.3 Å². The molecule has 0 heterocycles. The van der Waals surface area contributed by atoms with Crippen molar-refractivity contribution in [1.29, 1.82) is 0 Å². The van der Waals surface area contributed by atoms with Crippen LogP contribution < -0.4 is 4.74 Å². The maximum absolute atomic E-state index is 11.1. The number of oxime groups is 1. The van der Waals surface area contributed by atoms with E-state index in [9.17, 15) is 9.90 Å². The third kappa shape index (κ3) is 7.82. The summed E-state index contributed by atoms with van der Waals surface area (Å²) in [5, 5.41) is 13.1. The normalized spacial score (nSPS) is 11.2. The quantitative estimate of drug-likeness (QED) is 0.295. The van der Waals surface area contributed by atoms with Gasteiger partial charge in [-0.15, -0.1) is 0 Å². The SMILES string of the molecule is CCCCCCCCOc1ccc(CO/N=C(\[C]=O)c2ccc(O)cc2)cc1. The maximum atomic E-state index is 11.1. The minimum absolute atomic E-state index is 0.0545. The highest BCUT2D eigenvalue weighted by Gasteiger charge is 2.05. The average molecular weight is 382 g/mol. The van der Waals surface area contributed by atoms with Crippen molar-refractivity contribution in [1.82, 2.24) is 0 Å². The van der Waals surface area contributed by atoms with Crippen LogP contribution in [-0.4, -0.2) is 23.7 Å². The molecule has 2 aromatic rings. The summed E-state index contributed by atoms with van der Waals surface area (Å²) >= 11 is 0. The molecule has 0 atom stereocenters. The van der Waals surface area contributed by atoms with Gasteiger partial charge >= 0.3 is 0 Å². The van der Waals surface area contributed by atoms with Gasteiger partial charge in [0.25, 0.3) is 6.29 Å². The van der Waals surface area contributed by atoms with Crippen LogP contribution in [0.15, 0.2) is 53.7 Å². The Bertz CT molecular complexity index is 723. The van der Waals surface area contributed by atoms with Gasteiger partial charge in [0, 0.05) is 5.56 Å². The lowest BCUT2D eigenvalue weighted by Crippen LogP contribution is -2.03. The summed E-state index contributed by atoms with van der Waals surface area (Å²) in [6, 6.07) is 13.8. The van der Waals surface area contributed by atoms with Crippen molar-refractivity contribution in [2.75, 3.05) is 6.61 Å². The zero-order valence-electron chi connectivity index (χ0n) is 16.4. The van der Waals surface area contributed by atoms with Crippen molar-refractivity contribution in [3.8, 4) is 11.5 Å². The molecule has 2 aromatic carbocycles. The Morgan fingerprint density at radius 1 is 0.964 bits per heavy atom. The molecule has 5 heteroatoms. The lowest BCUT2D eigenvalue weighted by Gasteiger charge is -2.07. The summed E-state index contributed by atoms with van der Waals surface area (Å²) in [6.07, 6.45) is 9.20. The molecule has 0 fully saturated rings. The van der Waals surface area contributed by atoms with Gasteiger partial charge in [-0.2, -0.15) is 0 Å². The van der Waals surface area contributed by atoms with Gasteiger partial charge in [-0.25, -0.2) is 0 Å². The van der Waals surface area contributed by atoms with E-state index < -0.39 is 0 Å². The minimum atomic E-state index is 0.0545. The largest absolute Gasteiger partial charge is 0.508 e. The second kappa shape index (κ2) is 12.5. The Balaban J connectivity index is 1.73. The molecule has 28 heavy (non-hydrogen) atoms. The molecule has 0 spiro atoms. The number of phenols is 1. The van der Waals surface area contributed by atoms with E-state index in [4.69, 9.17) is 9.57 Å². The van der Waals surface area contributed by atoms with Crippen LogP contribution in [-0.2, 0) is 16.2 Å². The van der Waals surface area contributed by atoms with Gasteiger partial charge in [-0.3, -0.25) is 4.79 Å². The van der Waals surface area contributed by atoms with E-state index >= 15 is 0 Å². The first-order valence-electron chi connectivity index (χ1n) is 9.82. The molecule has 0 aliphatic carbocycles. The van der Waals surface area contributed by atoms with Crippen molar-refractivity contribution < 1.29 is 19.5 Å². The summed E-state index contributed by atoms with van der Waals surface area (Å²) in [7, 11) is 0. The van der Waals surface area contributed by atoms with E-state index in [-0.39, 0.29) is 18.1 Å². The first-order chi connectivity index (χ1) is 13.7. The fraction of sp³-hybridized carbons (Fsp3) is 0.391. The van der Waals surface area contributed by atoms with Crippen LogP contribution in [0.5, 0.6) is 11.5 Å². The number of nitrogens with zero attached hydrogens (tertiary/aromatic N) is 1. The number of aromatic hydroxyl groups is 1. The zero-order chi connectivity index (χ0) is 20.0. The lowest BCUT2D eigenvalue weighted by atomic mass is 10.1. The molecule has 1 radical (unpaired) electrons. The molecule has 0 aromatic heterocycles. The Morgan fingerprint density at radius 2 is 1.64 bits per heavy atom. The first kappa shape index (κ1) is 21.5. The van der Waals surface area contributed by atoms with Gasteiger partial charge in [-0.1, -0.05) is 56.3 Å². The molecular formula is C23H28NO4. The molecule has 2 rings (SSSR count). The van der Waals surface area contributed by atoms with E-state index in [0.29, 0.717) is 5.56 Å². The molecule has 0 unspecified atom stereocenters. The predicted molar refractivity (Wildman–Crippen MR) is 110 cm³/mol. The molecule has 0 aliphatic heterocycles. The predicted octanol–water partition coefficient (Wildman–Crippen LogP) is 5.16. The Labute approximate surface area is 167 Å². The lowest BCUT2D eigenvalue weighted by molar-refractivity contribution is 0.131. The Hall–Kier alpha value is -2.82. The molecule has 0 saturated carbocycles. The molecule has 5 nitrogen and oxygen atoms in total. The molecule has 0 amide bonds. The zero-order valence-corrected chi connectivity index (χ0v) is 16.4.